The van der Waals surface area contributed by atoms with Gasteiger partial charge in [-0.25, -0.2) is 9.37 Å². The van der Waals surface area contributed by atoms with Crippen LogP contribution in [0.1, 0.15) is 33.3 Å². The van der Waals surface area contributed by atoms with Gasteiger partial charge in [-0.2, -0.15) is 0 Å². The molecular formula is C18H21BFNO3. The van der Waals surface area contributed by atoms with Crippen LogP contribution < -0.4 is 10.2 Å². The lowest BCUT2D eigenvalue weighted by molar-refractivity contribution is 0.00578. The van der Waals surface area contributed by atoms with Gasteiger partial charge in [0.2, 0.25) is 5.88 Å². The molecule has 6 heteroatoms. The van der Waals surface area contributed by atoms with Gasteiger partial charge in [-0.3, -0.25) is 0 Å². The Hall–Kier alpha value is -1.92. The quantitative estimate of drug-likeness (QED) is 0.803. The summed E-state index contributed by atoms with van der Waals surface area (Å²) in [4.78, 5) is 4.30. The lowest BCUT2D eigenvalue weighted by Gasteiger charge is -2.32. The number of hydrogen-bond acceptors (Lipinski definition) is 4. The van der Waals surface area contributed by atoms with Crippen LogP contribution >= 0.6 is 0 Å². The van der Waals surface area contributed by atoms with E-state index < -0.39 is 25.0 Å². The molecule has 0 radical (unpaired) electrons. The zero-order valence-corrected chi connectivity index (χ0v) is 14.4. The van der Waals surface area contributed by atoms with Crippen LogP contribution in [0, 0.1) is 0 Å². The molecule has 4 nitrogen and oxygen atoms in total. The van der Waals surface area contributed by atoms with Gasteiger partial charge < -0.3 is 14.0 Å². The number of halogens is 1. The van der Waals surface area contributed by atoms with Crippen molar-refractivity contribution >= 4 is 12.6 Å². The second-order valence-corrected chi connectivity index (χ2v) is 6.87. The van der Waals surface area contributed by atoms with Crippen molar-refractivity contribution in [3.05, 3.63) is 48.2 Å². The summed E-state index contributed by atoms with van der Waals surface area (Å²) in [7, 11) is -0.552. The molecule has 0 amide bonds. The van der Waals surface area contributed by atoms with Crippen molar-refractivity contribution in [2.24, 2.45) is 0 Å². The Bertz CT molecular complexity index is 702. The zero-order chi connectivity index (χ0) is 17.4. The van der Waals surface area contributed by atoms with E-state index in [0.29, 0.717) is 17.2 Å². The number of alkyl halides is 1. The number of aromatic nitrogens is 1. The molecule has 1 fully saturated rings. The maximum Gasteiger partial charge on any atom is 0.500 e. The maximum atomic E-state index is 12.6. The molecule has 24 heavy (non-hydrogen) atoms. The first-order valence-electron chi connectivity index (χ1n) is 7.96. The molecule has 0 N–H and O–H groups in total. The highest BCUT2D eigenvalue weighted by molar-refractivity contribution is 6.63. The Balaban J connectivity index is 1.86. The standard InChI is InChI=1S/C18H21BFNO3/c1-17(2)18(3,4)24-19(23-17)15-6-5-11-21-16(15)22-14-9-7-13(12-20)8-10-14/h5-11H,12H2,1-4H3. The predicted octanol–water partition coefficient (Wildman–Crippen LogP) is 3.64. The Morgan fingerprint density at radius 1 is 1.04 bits per heavy atom. The van der Waals surface area contributed by atoms with Gasteiger partial charge in [-0.15, -0.1) is 0 Å². The van der Waals surface area contributed by atoms with Crippen molar-refractivity contribution in [2.75, 3.05) is 0 Å². The smallest absolute Gasteiger partial charge is 0.439 e. The predicted molar refractivity (Wildman–Crippen MR) is 91.3 cm³/mol. The average molecular weight is 329 g/mol. The number of hydrogen-bond donors (Lipinski definition) is 0. The fourth-order valence-corrected chi connectivity index (χ4v) is 2.40. The van der Waals surface area contributed by atoms with Crippen molar-refractivity contribution in [1.82, 2.24) is 4.98 Å². The Kier molecular flexibility index (Phi) is 4.36. The van der Waals surface area contributed by atoms with E-state index in [4.69, 9.17) is 14.0 Å². The second-order valence-electron chi connectivity index (χ2n) is 6.87. The van der Waals surface area contributed by atoms with E-state index in [0.717, 1.165) is 5.46 Å². The van der Waals surface area contributed by atoms with Gasteiger partial charge >= 0.3 is 7.12 Å². The third-order valence-corrected chi connectivity index (χ3v) is 4.60. The van der Waals surface area contributed by atoms with E-state index in [-0.39, 0.29) is 0 Å². The summed E-state index contributed by atoms with van der Waals surface area (Å²) in [5.41, 5.74) is 0.460. The summed E-state index contributed by atoms with van der Waals surface area (Å²) in [6.07, 6.45) is 1.65. The summed E-state index contributed by atoms with van der Waals surface area (Å²) in [5, 5.41) is 0. The van der Waals surface area contributed by atoms with E-state index >= 15 is 0 Å². The van der Waals surface area contributed by atoms with Crippen LogP contribution in [0.4, 0.5) is 4.39 Å². The summed E-state index contributed by atoms with van der Waals surface area (Å²) < 4.78 is 30.6. The molecule has 0 atom stereocenters. The van der Waals surface area contributed by atoms with Gasteiger partial charge in [-0.1, -0.05) is 18.2 Å². The summed E-state index contributed by atoms with van der Waals surface area (Å²) in [5.74, 6) is 1.01. The monoisotopic (exact) mass is 329 g/mol. The number of pyridine rings is 1. The van der Waals surface area contributed by atoms with Crippen molar-refractivity contribution in [1.29, 1.82) is 0 Å². The minimum absolute atomic E-state index is 0.420. The van der Waals surface area contributed by atoms with Crippen molar-refractivity contribution < 1.29 is 18.4 Å². The normalized spacial score (nSPS) is 18.6. The topological polar surface area (TPSA) is 40.6 Å². The SMILES string of the molecule is CC1(C)OB(c2cccnc2Oc2ccc(CF)cc2)OC1(C)C. The molecule has 126 valence electrons. The summed E-state index contributed by atoms with van der Waals surface area (Å²) in [6.45, 7) is 7.50. The molecule has 0 unspecified atom stereocenters. The van der Waals surface area contributed by atoms with Crippen LogP contribution in [0.25, 0.3) is 0 Å². The number of nitrogens with zero attached hydrogens (tertiary/aromatic N) is 1. The number of ether oxygens (including phenoxy) is 1. The average Bonchev–Trinajstić information content (AvgIpc) is 2.76. The fraction of sp³-hybridized carbons (Fsp3) is 0.389. The molecule has 1 aliphatic rings. The van der Waals surface area contributed by atoms with Gasteiger partial charge in [0, 0.05) is 11.7 Å². The van der Waals surface area contributed by atoms with E-state index in [1.165, 1.54) is 0 Å². The van der Waals surface area contributed by atoms with Crippen LogP contribution in [0.3, 0.4) is 0 Å². The largest absolute Gasteiger partial charge is 0.500 e. The lowest BCUT2D eigenvalue weighted by atomic mass is 9.80. The third kappa shape index (κ3) is 3.16. The van der Waals surface area contributed by atoms with E-state index in [1.807, 2.05) is 39.8 Å². The summed E-state index contributed by atoms with van der Waals surface area (Å²) in [6, 6.07) is 10.5. The molecule has 0 saturated carbocycles. The van der Waals surface area contributed by atoms with Crippen LogP contribution in [-0.4, -0.2) is 23.3 Å². The van der Waals surface area contributed by atoms with Gasteiger partial charge in [0.25, 0.3) is 0 Å². The van der Waals surface area contributed by atoms with Crippen molar-refractivity contribution in [3.63, 3.8) is 0 Å². The van der Waals surface area contributed by atoms with Crippen LogP contribution in [0.2, 0.25) is 0 Å². The zero-order valence-electron chi connectivity index (χ0n) is 14.4. The fourth-order valence-electron chi connectivity index (χ4n) is 2.40. The molecule has 0 aliphatic carbocycles. The van der Waals surface area contributed by atoms with E-state index in [2.05, 4.69) is 4.98 Å². The van der Waals surface area contributed by atoms with Gasteiger partial charge in [0.1, 0.15) is 12.4 Å². The van der Waals surface area contributed by atoms with Gasteiger partial charge in [-0.05, 0) is 51.5 Å². The number of benzene rings is 1. The molecule has 1 saturated heterocycles. The maximum absolute atomic E-state index is 12.6. The molecule has 1 aromatic heterocycles. The lowest BCUT2D eigenvalue weighted by Crippen LogP contribution is -2.41. The Morgan fingerprint density at radius 3 is 2.25 bits per heavy atom. The highest BCUT2D eigenvalue weighted by atomic mass is 19.1. The second kappa shape index (κ2) is 6.18. The molecule has 2 aromatic rings. The van der Waals surface area contributed by atoms with E-state index in [9.17, 15) is 4.39 Å². The van der Waals surface area contributed by atoms with Crippen molar-refractivity contribution in [2.45, 2.75) is 45.6 Å². The highest BCUT2D eigenvalue weighted by Crippen LogP contribution is 2.37. The molecule has 3 rings (SSSR count). The van der Waals surface area contributed by atoms with Crippen molar-refractivity contribution in [3.8, 4) is 11.6 Å². The van der Waals surface area contributed by atoms with Crippen LogP contribution in [0.15, 0.2) is 42.6 Å². The molecule has 1 aliphatic heterocycles. The Labute approximate surface area is 142 Å². The minimum atomic E-state index is -0.552. The first kappa shape index (κ1) is 16.9. The van der Waals surface area contributed by atoms with Gasteiger partial charge in [0.05, 0.1) is 11.2 Å². The molecule has 0 spiro atoms. The van der Waals surface area contributed by atoms with Crippen LogP contribution in [0.5, 0.6) is 11.6 Å². The Morgan fingerprint density at radius 2 is 1.67 bits per heavy atom. The van der Waals surface area contributed by atoms with E-state index in [1.54, 1.807) is 30.5 Å². The molecule has 0 bridgehead atoms. The first-order valence-corrected chi connectivity index (χ1v) is 7.96. The van der Waals surface area contributed by atoms with Gasteiger partial charge in [0.15, 0.2) is 0 Å². The molecular weight excluding hydrogens is 308 g/mol. The first-order chi connectivity index (χ1) is 11.3. The minimum Gasteiger partial charge on any atom is -0.439 e. The number of rotatable bonds is 4. The highest BCUT2D eigenvalue weighted by Gasteiger charge is 2.52. The van der Waals surface area contributed by atoms with Crippen LogP contribution in [-0.2, 0) is 16.0 Å². The molecule has 1 aromatic carbocycles. The molecule has 2 heterocycles. The third-order valence-electron chi connectivity index (χ3n) is 4.60. The summed E-state index contributed by atoms with van der Waals surface area (Å²) >= 11 is 0.